The van der Waals surface area contributed by atoms with Gasteiger partial charge in [-0.05, 0) is 40.0 Å². The maximum Gasteiger partial charge on any atom is 0.330 e. The third-order valence-electron chi connectivity index (χ3n) is 2.36. The average Bonchev–Trinajstić information content (AvgIpc) is 2.58. The van der Waals surface area contributed by atoms with Gasteiger partial charge in [0.05, 0.1) is 12.7 Å². The standard InChI is InChI=1S/3C7H12O2/c1-5-6(8)9-7(2,3)4;1-4-7(8)9-5-6(2)3;1-4-6(3)9-7(8)5-2/h5H,1H2,2-4H3;4,6H,1,5H2,2-3H3;5-6H,2,4H2,1,3H3. The minimum absolute atomic E-state index is 0.00972. The highest BCUT2D eigenvalue weighted by Gasteiger charge is 2.12. The van der Waals surface area contributed by atoms with Gasteiger partial charge in [0.2, 0.25) is 0 Å². The van der Waals surface area contributed by atoms with Gasteiger partial charge in [0, 0.05) is 18.2 Å². The Bertz CT molecular complexity index is 472. The van der Waals surface area contributed by atoms with Crippen LogP contribution in [0.3, 0.4) is 0 Å². The monoisotopic (exact) mass is 384 g/mol. The largest absolute Gasteiger partial charge is 0.462 e. The van der Waals surface area contributed by atoms with Crippen molar-refractivity contribution in [2.45, 2.75) is 66.6 Å². The molecule has 0 heterocycles. The molecule has 0 radical (unpaired) electrons. The van der Waals surface area contributed by atoms with E-state index in [4.69, 9.17) is 14.2 Å². The SMILES string of the molecule is C=CC(=O)OC(C)(C)C.C=CC(=O)OC(C)CC.C=CC(=O)OCC(C)C. The van der Waals surface area contributed by atoms with Crippen molar-refractivity contribution in [1.29, 1.82) is 0 Å². The zero-order chi connectivity index (χ0) is 22.0. The van der Waals surface area contributed by atoms with E-state index >= 15 is 0 Å². The smallest absolute Gasteiger partial charge is 0.330 e. The fraction of sp³-hybridized carbons (Fsp3) is 0.571. The Hall–Kier alpha value is -2.37. The molecule has 0 fully saturated rings. The highest BCUT2D eigenvalue weighted by Crippen LogP contribution is 2.06. The van der Waals surface area contributed by atoms with E-state index in [9.17, 15) is 14.4 Å². The Morgan fingerprint density at radius 3 is 1.59 bits per heavy atom. The molecule has 27 heavy (non-hydrogen) atoms. The lowest BCUT2D eigenvalue weighted by Gasteiger charge is -2.17. The van der Waals surface area contributed by atoms with E-state index in [0.29, 0.717) is 12.5 Å². The van der Waals surface area contributed by atoms with Crippen molar-refractivity contribution in [2.75, 3.05) is 6.61 Å². The second-order valence-corrected chi connectivity index (χ2v) is 6.83. The lowest BCUT2D eigenvalue weighted by Crippen LogP contribution is -2.22. The molecule has 1 atom stereocenters. The fourth-order valence-electron chi connectivity index (χ4n) is 0.981. The molecule has 0 aliphatic heterocycles. The first-order valence-corrected chi connectivity index (χ1v) is 8.80. The Kier molecular flexibility index (Phi) is 18.6. The Morgan fingerprint density at radius 2 is 1.33 bits per heavy atom. The summed E-state index contributed by atoms with van der Waals surface area (Å²) in [6, 6.07) is 0. The summed E-state index contributed by atoms with van der Waals surface area (Å²) in [6.45, 7) is 23.5. The molecule has 0 aromatic carbocycles. The van der Waals surface area contributed by atoms with E-state index in [0.717, 1.165) is 12.5 Å². The summed E-state index contributed by atoms with van der Waals surface area (Å²) in [6.07, 6.45) is 4.36. The second-order valence-electron chi connectivity index (χ2n) is 6.83. The first kappa shape index (κ1) is 29.4. The van der Waals surface area contributed by atoms with Crippen LogP contribution in [0.4, 0.5) is 0 Å². The first-order chi connectivity index (χ1) is 12.3. The van der Waals surface area contributed by atoms with Crippen LogP contribution < -0.4 is 0 Å². The molecule has 0 spiro atoms. The zero-order valence-corrected chi connectivity index (χ0v) is 17.9. The van der Waals surface area contributed by atoms with Gasteiger partial charge in [-0.1, -0.05) is 40.5 Å². The van der Waals surface area contributed by atoms with Crippen LogP contribution in [-0.2, 0) is 28.6 Å². The van der Waals surface area contributed by atoms with Crippen LogP contribution in [0.15, 0.2) is 38.0 Å². The predicted octanol–water partition coefficient (Wildman–Crippen LogP) is 4.40. The van der Waals surface area contributed by atoms with Gasteiger partial charge in [-0.25, -0.2) is 14.4 Å². The van der Waals surface area contributed by atoms with E-state index in [-0.39, 0.29) is 24.0 Å². The van der Waals surface area contributed by atoms with Crippen molar-refractivity contribution in [3.8, 4) is 0 Å². The minimum Gasteiger partial charge on any atom is -0.462 e. The summed E-state index contributed by atoms with van der Waals surface area (Å²) >= 11 is 0. The van der Waals surface area contributed by atoms with Crippen molar-refractivity contribution in [2.24, 2.45) is 5.92 Å². The Morgan fingerprint density at radius 1 is 0.889 bits per heavy atom. The van der Waals surface area contributed by atoms with Gasteiger partial charge in [-0.2, -0.15) is 0 Å². The summed E-state index contributed by atoms with van der Waals surface area (Å²) in [5.74, 6) is -0.663. The maximum absolute atomic E-state index is 10.5. The number of carbonyl (C=O) groups excluding carboxylic acids is 3. The van der Waals surface area contributed by atoms with Crippen LogP contribution in [0, 0.1) is 5.92 Å². The number of hydrogen-bond acceptors (Lipinski definition) is 6. The van der Waals surface area contributed by atoms with Gasteiger partial charge in [0.1, 0.15) is 5.60 Å². The normalized spacial score (nSPS) is 10.7. The number of carbonyl (C=O) groups is 3. The summed E-state index contributed by atoms with van der Waals surface area (Å²) in [7, 11) is 0. The van der Waals surface area contributed by atoms with Crippen molar-refractivity contribution in [1.82, 2.24) is 0 Å². The molecular weight excluding hydrogens is 348 g/mol. The van der Waals surface area contributed by atoms with E-state index in [2.05, 4.69) is 19.7 Å². The second kappa shape index (κ2) is 17.1. The molecule has 0 bridgehead atoms. The summed E-state index contributed by atoms with van der Waals surface area (Å²) in [5.41, 5.74) is -0.398. The van der Waals surface area contributed by atoms with E-state index in [1.165, 1.54) is 12.2 Å². The van der Waals surface area contributed by atoms with Crippen LogP contribution in [-0.4, -0.2) is 36.2 Å². The summed E-state index contributed by atoms with van der Waals surface area (Å²) < 4.78 is 14.3. The minimum atomic E-state index is -0.398. The molecule has 156 valence electrons. The lowest BCUT2D eigenvalue weighted by molar-refractivity contribution is -0.148. The Balaban J connectivity index is -0.000000320. The van der Waals surface area contributed by atoms with Crippen molar-refractivity contribution >= 4 is 17.9 Å². The molecule has 0 saturated heterocycles. The highest BCUT2D eigenvalue weighted by molar-refractivity contribution is 5.82. The van der Waals surface area contributed by atoms with Crippen LogP contribution >= 0.6 is 0 Å². The number of rotatable bonds is 7. The van der Waals surface area contributed by atoms with Gasteiger partial charge in [-0.15, -0.1) is 0 Å². The predicted molar refractivity (Wildman–Crippen MR) is 108 cm³/mol. The third-order valence-corrected chi connectivity index (χ3v) is 2.36. The molecular formula is C21H36O6. The quantitative estimate of drug-likeness (QED) is 0.368. The zero-order valence-electron chi connectivity index (χ0n) is 17.9. The summed E-state index contributed by atoms with van der Waals surface area (Å²) in [5, 5.41) is 0. The number of hydrogen-bond donors (Lipinski definition) is 0. The van der Waals surface area contributed by atoms with Crippen LogP contribution in [0.5, 0.6) is 0 Å². The molecule has 0 N–H and O–H groups in total. The third kappa shape index (κ3) is 28.7. The highest BCUT2D eigenvalue weighted by atomic mass is 16.6. The van der Waals surface area contributed by atoms with Crippen LogP contribution in [0.1, 0.15) is 54.9 Å². The molecule has 0 aromatic heterocycles. The van der Waals surface area contributed by atoms with Crippen LogP contribution in [0.25, 0.3) is 0 Å². The van der Waals surface area contributed by atoms with Gasteiger partial charge < -0.3 is 14.2 Å². The van der Waals surface area contributed by atoms with Crippen molar-refractivity contribution < 1.29 is 28.6 Å². The fourth-order valence-corrected chi connectivity index (χ4v) is 0.981. The number of esters is 3. The van der Waals surface area contributed by atoms with Crippen molar-refractivity contribution in [3.63, 3.8) is 0 Å². The molecule has 6 heteroatoms. The Labute approximate surface area is 164 Å². The number of ether oxygens (including phenoxy) is 3. The van der Waals surface area contributed by atoms with Crippen molar-refractivity contribution in [3.05, 3.63) is 38.0 Å². The van der Waals surface area contributed by atoms with Gasteiger partial charge in [0.15, 0.2) is 0 Å². The molecule has 0 amide bonds. The van der Waals surface area contributed by atoms with Crippen LogP contribution in [0.2, 0.25) is 0 Å². The van der Waals surface area contributed by atoms with E-state index < -0.39 is 5.60 Å². The average molecular weight is 385 g/mol. The van der Waals surface area contributed by atoms with Gasteiger partial charge in [0.25, 0.3) is 0 Å². The molecule has 0 saturated carbocycles. The van der Waals surface area contributed by atoms with E-state index in [1.54, 1.807) is 0 Å². The van der Waals surface area contributed by atoms with Gasteiger partial charge in [-0.3, -0.25) is 0 Å². The lowest BCUT2D eigenvalue weighted by atomic mass is 10.2. The molecule has 0 aliphatic rings. The van der Waals surface area contributed by atoms with Gasteiger partial charge >= 0.3 is 17.9 Å². The topological polar surface area (TPSA) is 78.9 Å². The first-order valence-electron chi connectivity index (χ1n) is 8.80. The molecule has 0 aliphatic carbocycles. The van der Waals surface area contributed by atoms with E-state index in [1.807, 2.05) is 48.5 Å². The molecule has 1 unspecified atom stereocenters. The molecule has 0 rings (SSSR count). The maximum atomic E-state index is 10.5. The summed E-state index contributed by atoms with van der Waals surface area (Å²) in [4.78, 5) is 31.3. The molecule has 0 aromatic rings. The molecule has 6 nitrogen and oxygen atoms in total.